The molecular weight excluding hydrogens is 291 g/mol. The van der Waals surface area contributed by atoms with Gasteiger partial charge >= 0.3 is 0 Å². The molecule has 94 valence electrons. The first kappa shape index (κ1) is 13.6. The maximum absolute atomic E-state index is 6.05. The summed E-state index contributed by atoms with van der Waals surface area (Å²) >= 11 is 17.9. The Morgan fingerprint density at radius 3 is 2.50 bits per heavy atom. The summed E-state index contributed by atoms with van der Waals surface area (Å²) in [5.41, 5.74) is 1.96. The van der Waals surface area contributed by atoms with Crippen molar-refractivity contribution in [1.29, 1.82) is 0 Å². The van der Waals surface area contributed by atoms with E-state index in [9.17, 15) is 0 Å². The number of aromatic nitrogens is 2. The van der Waals surface area contributed by atoms with E-state index in [4.69, 9.17) is 34.8 Å². The minimum atomic E-state index is 0.516. The highest BCUT2D eigenvalue weighted by atomic mass is 35.5. The Bertz CT molecular complexity index is 570. The lowest BCUT2D eigenvalue weighted by atomic mass is 10.1. The van der Waals surface area contributed by atoms with Gasteiger partial charge in [-0.2, -0.15) is 0 Å². The van der Waals surface area contributed by atoms with Crippen LogP contribution in [0.25, 0.3) is 0 Å². The summed E-state index contributed by atoms with van der Waals surface area (Å²) in [4.78, 5) is 8.56. The number of rotatable bonds is 3. The lowest BCUT2D eigenvalue weighted by Crippen LogP contribution is -1.99. The third kappa shape index (κ3) is 3.14. The molecule has 0 atom stereocenters. The van der Waals surface area contributed by atoms with Crippen LogP contribution in [-0.4, -0.2) is 9.97 Å². The van der Waals surface area contributed by atoms with Gasteiger partial charge in [-0.15, -0.1) is 0 Å². The number of aryl methyl sites for hydroxylation is 1. The van der Waals surface area contributed by atoms with Gasteiger partial charge in [0.15, 0.2) is 0 Å². The van der Waals surface area contributed by atoms with Gasteiger partial charge in [0.05, 0.1) is 10.0 Å². The molecule has 5 heteroatoms. The molecule has 0 radical (unpaired) electrons. The zero-order chi connectivity index (χ0) is 13.1. The summed E-state index contributed by atoms with van der Waals surface area (Å²) in [6.07, 6.45) is 3.18. The van der Waals surface area contributed by atoms with Crippen molar-refractivity contribution < 1.29 is 0 Å². The Morgan fingerprint density at radius 1 is 1.11 bits per heavy atom. The third-order valence-electron chi connectivity index (χ3n) is 2.59. The fraction of sp³-hybridized carbons (Fsp3) is 0.231. The van der Waals surface area contributed by atoms with Crippen LogP contribution in [0.3, 0.4) is 0 Å². The summed E-state index contributed by atoms with van der Waals surface area (Å²) in [5.74, 6) is 0.676. The highest BCUT2D eigenvalue weighted by Crippen LogP contribution is 2.23. The minimum absolute atomic E-state index is 0.516. The van der Waals surface area contributed by atoms with Crippen molar-refractivity contribution >= 4 is 34.8 Å². The van der Waals surface area contributed by atoms with E-state index in [1.807, 2.05) is 19.1 Å². The lowest BCUT2D eigenvalue weighted by molar-refractivity contribution is 0.936. The molecule has 2 nitrogen and oxygen atoms in total. The van der Waals surface area contributed by atoms with Crippen LogP contribution in [0.2, 0.25) is 15.2 Å². The highest BCUT2D eigenvalue weighted by molar-refractivity contribution is 6.42. The zero-order valence-corrected chi connectivity index (χ0v) is 12.0. The Hall–Kier alpha value is -0.830. The number of hydrogen-bond donors (Lipinski definition) is 0. The predicted molar refractivity (Wildman–Crippen MR) is 75.7 cm³/mol. The fourth-order valence-corrected chi connectivity index (χ4v) is 2.17. The number of hydrogen-bond acceptors (Lipinski definition) is 2. The predicted octanol–water partition coefficient (Wildman–Crippen LogP) is 4.59. The second-order valence-corrected chi connectivity index (χ2v) is 5.05. The summed E-state index contributed by atoms with van der Waals surface area (Å²) in [7, 11) is 0. The molecule has 0 saturated heterocycles. The van der Waals surface area contributed by atoms with E-state index >= 15 is 0 Å². The molecule has 0 aliphatic carbocycles. The van der Waals surface area contributed by atoms with Crippen molar-refractivity contribution in [2.75, 3.05) is 0 Å². The quantitative estimate of drug-likeness (QED) is 0.775. The summed E-state index contributed by atoms with van der Waals surface area (Å²) in [5, 5.41) is 1.59. The summed E-state index contributed by atoms with van der Waals surface area (Å²) in [6, 6.07) is 5.48. The van der Waals surface area contributed by atoms with Crippen LogP contribution in [0.4, 0.5) is 0 Å². The van der Waals surface area contributed by atoms with Gasteiger partial charge in [-0.3, -0.25) is 0 Å². The van der Waals surface area contributed by atoms with E-state index in [1.165, 1.54) is 0 Å². The van der Waals surface area contributed by atoms with Crippen molar-refractivity contribution in [3.05, 3.63) is 56.5 Å². The van der Waals surface area contributed by atoms with Gasteiger partial charge < -0.3 is 0 Å². The fourth-order valence-electron chi connectivity index (χ4n) is 1.57. The summed E-state index contributed by atoms with van der Waals surface area (Å²) < 4.78 is 0. The van der Waals surface area contributed by atoms with E-state index in [0.29, 0.717) is 27.4 Å². The number of benzene rings is 1. The monoisotopic (exact) mass is 300 g/mol. The molecule has 0 bridgehead atoms. The molecule has 0 N–H and O–H groups in total. The van der Waals surface area contributed by atoms with Gasteiger partial charge in [-0.1, -0.05) is 47.8 Å². The highest BCUT2D eigenvalue weighted by Gasteiger charge is 2.06. The third-order valence-corrected chi connectivity index (χ3v) is 3.66. The second kappa shape index (κ2) is 5.87. The molecular formula is C13H11Cl3N2. The molecule has 1 heterocycles. The summed E-state index contributed by atoms with van der Waals surface area (Å²) in [6.45, 7) is 2.02. The largest absolute Gasteiger partial charge is 0.241 e. The Kier molecular flexibility index (Phi) is 4.44. The van der Waals surface area contributed by atoms with Crippen molar-refractivity contribution in [2.24, 2.45) is 0 Å². The van der Waals surface area contributed by atoms with Gasteiger partial charge in [0.1, 0.15) is 11.0 Å². The number of nitrogens with zero attached hydrogens (tertiary/aromatic N) is 2. The van der Waals surface area contributed by atoms with E-state index in [2.05, 4.69) is 9.97 Å². The van der Waals surface area contributed by atoms with Crippen molar-refractivity contribution in [3.63, 3.8) is 0 Å². The molecule has 0 fully saturated rings. The molecule has 0 amide bonds. The van der Waals surface area contributed by atoms with Crippen LogP contribution in [0.1, 0.15) is 23.9 Å². The Labute approximate surface area is 121 Å². The average Bonchev–Trinajstić information content (AvgIpc) is 2.34. The standard InChI is InChI=1S/C13H11Cl3N2/c1-2-9-7-17-12(18-13(9)16)6-8-3-4-10(14)11(15)5-8/h3-5,7H,2,6H2,1H3. The first-order valence-corrected chi connectivity index (χ1v) is 6.67. The Morgan fingerprint density at radius 2 is 1.89 bits per heavy atom. The van der Waals surface area contributed by atoms with Crippen LogP contribution < -0.4 is 0 Å². The zero-order valence-electron chi connectivity index (χ0n) is 9.75. The number of halogens is 3. The molecule has 2 rings (SSSR count). The van der Waals surface area contributed by atoms with E-state index in [0.717, 1.165) is 17.5 Å². The van der Waals surface area contributed by atoms with Crippen molar-refractivity contribution in [2.45, 2.75) is 19.8 Å². The van der Waals surface area contributed by atoms with E-state index in [1.54, 1.807) is 12.3 Å². The van der Waals surface area contributed by atoms with Gasteiger partial charge in [-0.25, -0.2) is 9.97 Å². The van der Waals surface area contributed by atoms with Crippen LogP contribution in [-0.2, 0) is 12.8 Å². The minimum Gasteiger partial charge on any atom is -0.241 e. The topological polar surface area (TPSA) is 25.8 Å². The van der Waals surface area contributed by atoms with Gasteiger partial charge in [0, 0.05) is 18.2 Å². The second-order valence-electron chi connectivity index (χ2n) is 3.88. The molecule has 0 aliphatic heterocycles. The molecule has 0 spiro atoms. The van der Waals surface area contributed by atoms with Gasteiger partial charge in [-0.05, 0) is 24.1 Å². The van der Waals surface area contributed by atoms with E-state index < -0.39 is 0 Å². The Balaban J connectivity index is 2.23. The average molecular weight is 302 g/mol. The normalized spacial score (nSPS) is 10.7. The van der Waals surface area contributed by atoms with Crippen molar-refractivity contribution in [3.8, 4) is 0 Å². The van der Waals surface area contributed by atoms with Gasteiger partial charge in [0.25, 0.3) is 0 Å². The van der Waals surface area contributed by atoms with Gasteiger partial charge in [0.2, 0.25) is 0 Å². The first-order chi connectivity index (χ1) is 8.60. The van der Waals surface area contributed by atoms with E-state index in [-0.39, 0.29) is 0 Å². The maximum atomic E-state index is 6.05. The van der Waals surface area contributed by atoms with Crippen molar-refractivity contribution in [1.82, 2.24) is 9.97 Å². The maximum Gasteiger partial charge on any atom is 0.135 e. The molecule has 18 heavy (non-hydrogen) atoms. The molecule has 1 aromatic carbocycles. The molecule has 2 aromatic rings. The molecule has 0 unspecified atom stereocenters. The van der Waals surface area contributed by atoms with Crippen LogP contribution in [0, 0.1) is 0 Å². The molecule has 1 aromatic heterocycles. The lowest BCUT2D eigenvalue weighted by Gasteiger charge is -2.05. The SMILES string of the molecule is CCc1cnc(Cc2ccc(Cl)c(Cl)c2)nc1Cl. The van der Waals surface area contributed by atoms with Crippen LogP contribution in [0.5, 0.6) is 0 Å². The van der Waals surface area contributed by atoms with Crippen LogP contribution >= 0.6 is 34.8 Å². The first-order valence-electron chi connectivity index (χ1n) is 5.54. The molecule has 0 aliphatic rings. The molecule has 0 saturated carbocycles. The smallest absolute Gasteiger partial charge is 0.135 e. The van der Waals surface area contributed by atoms with Crippen LogP contribution in [0.15, 0.2) is 24.4 Å².